The molecule has 2 N–H and O–H groups in total. The summed E-state index contributed by atoms with van der Waals surface area (Å²) in [6, 6.07) is 13.1. The fraction of sp³-hybridized carbons (Fsp3) is 0.167. The molecule has 0 fully saturated rings. The summed E-state index contributed by atoms with van der Waals surface area (Å²) >= 11 is 0. The number of hydrogen-bond acceptors (Lipinski definition) is 4. The Bertz CT molecular complexity index is 830. The molecule has 1 unspecified atom stereocenters. The van der Waals surface area contributed by atoms with Crippen LogP contribution in [0.15, 0.2) is 48.5 Å². The summed E-state index contributed by atoms with van der Waals surface area (Å²) in [7, 11) is 0. The van der Waals surface area contributed by atoms with Crippen LogP contribution in [0.4, 0.5) is 5.69 Å². The van der Waals surface area contributed by atoms with Crippen molar-refractivity contribution in [3.63, 3.8) is 0 Å². The first-order valence-corrected chi connectivity index (χ1v) is 7.57. The van der Waals surface area contributed by atoms with E-state index in [2.05, 4.69) is 0 Å². The van der Waals surface area contributed by atoms with E-state index in [9.17, 15) is 14.4 Å². The van der Waals surface area contributed by atoms with Crippen molar-refractivity contribution in [1.29, 1.82) is 0 Å². The molecule has 128 valence electrons. The normalized spacial score (nSPS) is 16.1. The predicted octanol–water partition coefficient (Wildman–Crippen LogP) is 2.15. The lowest BCUT2D eigenvalue weighted by molar-refractivity contribution is -0.142. The van der Waals surface area contributed by atoms with Gasteiger partial charge in [-0.05, 0) is 29.8 Å². The highest BCUT2D eigenvalue weighted by molar-refractivity contribution is 6.01. The monoisotopic (exact) mass is 341 g/mol. The highest BCUT2D eigenvalue weighted by atomic mass is 16.5. The maximum Gasteiger partial charge on any atom is 0.335 e. The molecule has 0 aromatic heterocycles. The number of anilines is 1. The van der Waals surface area contributed by atoms with Crippen LogP contribution < -0.4 is 9.64 Å². The van der Waals surface area contributed by atoms with Gasteiger partial charge in [-0.15, -0.1) is 0 Å². The predicted molar refractivity (Wildman–Crippen MR) is 87.7 cm³/mol. The van der Waals surface area contributed by atoms with Gasteiger partial charge < -0.3 is 19.8 Å². The minimum absolute atomic E-state index is 0.154. The SMILES string of the molecule is O=C(O)CC1Oc2ccccc2N(Cc2ccc(C(=O)O)cc2)C1=O. The van der Waals surface area contributed by atoms with Crippen LogP contribution in [0.25, 0.3) is 0 Å². The largest absolute Gasteiger partial charge is 0.481 e. The molecule has 0 spiro atoms. The van der Waals surface area contributed by atoms with Crippen LogP contribution in [0.5, 0.6) is 5.75 Å². The van der Waals surface area contributed by atoms with E-state index in [4.69, 9.17) is 14.9 Å². The Kier molecular flexibility index (Phi) is 4.38. The Morgan fingerprint density at radius 1 is 1.04 bits per heavy atom. The molecule has 0 radical (unpaired) electrons. The second-order valence-corrected chi connectivity index (χ2v) is 5.60. The van der Waals surface area contributed by atoms with Crippen LogP contribution in [-0.2, 0) is 16.1 Å². The molecule has 0 saturated heterocycles. The topological polar surface area (TPSA) is 104 Å². The van der Waals surface area contributed by atoms with Gasteiger partial charge in [0, 0.05) is 0 Å². The third-order valence-corrected chi connectivity index (χ3v) is 3.87. The maximum atomic E-state index is 12.6. The molecule has 1 atom stereocenters. The van der Waals surface area contributed by atoms with E-state index >= 15 is 0 Å². The van der Waals surface area contributed by atoms with Gasteiger partial charge in [0.25, 0.3) is 5.91 Å². The molecule has 0 aliphatic carbocycles. The first-order valence-electron chi connectivity index (χ1n) is 7.57. The zero-order chi connectivity index (χ0) is 18.0. The van der Waals surface area contributed by atoms with Crippen LogP contribution >= 0.6 is 0 Å². The van der Waals surface area contributed by atoms with Crippen molar-refractivity contribution in [2.45, 2.75) is 19.1 Å². The second kappa shape index (κ2) is 6.64. The highest BCUT2D eigenvalue weighted by Crippen LogP contribution is 2.35. The summed E-state index contributed by atoms with van der Waals surface area (Å²) in [6.07, 6.45) is -1.52. The molecular weight excluding hydrogens is 326 g/mol. The second-order valence-electron chi connectivity index (χ2n) is 5.60. The number of amides is 1. The number of nitrogens with zero attached hydrogens (tertiary/aromatic N) is 1. The molecule has 2 aromatic carbocycles. The Morgan fingerprint density at radius 2 is 1.72 bits per heavy atom. The fourth-order valence-electron chi connectivity index (χ4n) is 2.66. The summed E-state index contributed by atoms with van der Waals surface area (Å²) in [5.41, 5.74) is 1.43. The standard InChI is InChI=1S/C18H15NO6/c20-16(21)9-15-17(22)19(13-3-1-2-4-14(13)25-15)10-11-5-7-12(8-6-11)18(23)24/h1-8,15H,9-10H2,(H,20,21)(H,23,24). The average molecular weight is 341 g/mol. The van der Waals surface area contributed by atoms with Crippen LogP contribution in [0, 0.1) is 0 Å². The van der Waals surface area contributed by atoms with Gasteiger partial charge in [-0.3, -0.25) is 9.59 Å². The molecule has 25 heavy (non-hydrogen) atoms. The van der Waals surface area contributed by atoms with Crippen LogP contribution in [-0.4, -0.2) is 34.2 Å². The van der Waals surface area contributed by atoms with E-state index < -0.39 is 30.4 Å². The summed E-state index contributed by atoms with van der Waals surface area (Å²) in [5.74, 6) is -2.15. The van der Waals surface area contributed by atoms with E-state index in [1.165, 1.54) is 17.0 Å². The van der Waals surface area contributed by atoms with E-state index in [1.807, 2.05) is 0 Å². The summed E-state index contributed by atoms with van der Waals surface area (Å²) < 4.78 is 5.52. The van der Waals surface area contributed by atoms with Crippen LogP contribution in [0.3, 0.4) is 0 Å². The molecule has 1 aliphatic rings. The molecule has 2 aromatic rings. The number of carbonyl (C=O) groups excluding carboxylic acids is 1. The van der Waals surface area contributed by atoms with Gasteiger partial charge in [0.05, 0.1) is 24.2 Å². The molecule has 7 heteroatoms. The molecule has 1 amide bonds. The fourth-order valence-corrected chi connectivity index (χ4v) is 2.66. The summed E-state index contributed by atoms with van der Waals surface area (Å²) in [4.78, 5) is 36.0. The van der Waals surface area contributed by atoms with Crippen molar-refractivity contribution in [1.82, 2.24) is 0 Å². The number of benzene rings is 2. The number of para-hydroxylation sites is 2. The van der Waals surface area contributed by atoms with Crippen molar-refractivity contribution in [3.05, 3.63) is 59.7 Å². The van der Waals surface area contributed by atoms with Crippen LogP contribution in [0.1, 0.15) is 22.3 Å². The summed E-state index contributed by atoms with van der Waals surface area (Å²) in [5, 5.41) is 17.9. The number of carboxylic acid groups (broad SMARTS) is 2. The molecule has 0 saturated carbocycles. The van der Waals surface area contributed by atoms with Gasteiger partial charge in [-0.25, -0.2) is 4.79 Å². The quantitative estimate of drug-likeness (QED) is 0.863. The van der Waals surface area contributed by atoms with Gasteiger partial charge in [-0.2, -0.15) is 0 Å². The minimum atomic E-state index is -1.12. The number of carboxylic acids is 2. The molecular formula is C18H15NO6. The lowest BCUT2D eigenvalue weighted by Gasteiger charge is -2.34. The lowest BCUT2D eigenvalue weighted by Crippen LogP contribution is -2.46. The van der Waals surface area contributed by atoms with Crippen molar-refractivity contribution in [2.75, 3.05) is 4.90 Å². The van der Waals surface area contributed by atoms with E-state index in [-0.39, 0.29) is 12.1 Å². The van der Waals surface area contributed by atoms with Crippen molar-refractivity contribution >= 4 is 23.5 Å². The minimum Gasteiger partial charge on any atom is -0.481 e. The van der Waals surface area contributed by atoms with Gasteiger partial charge in [0.15, 0.2) is 6.10 Å². The Morgan fingerprint density at radius 3 is 2.36 bits per heavy atom. The molecule has 3 rings (SSSR count). The van der Waals surface area contributed by atoms with Gasteiger partial charge in [-0.1, -0.05) is 24.3 Å². The number of ether oxygens (including phenoxy) is 1. The third kappa shape index (κ3) is 3.45. The van der Waals surface area contributed by atoms with Crippen LogP contribution in [0.2, 0.25) is 0 Å². The third-order valence-electron chi connectivity index (χ3n) is 3.87. The molecule has 7 nitrogen and oxygen atoms in total. The number of fused-ring (bicyclic) bond motifs is 1. The first kappa shape index (κ1) is 16.5. The zero-order valence-electron chi connectivity index (χ0n) is 13.1. The first-order chi connectivity index (χ1) is 12.0. The number of hydrogen-bond donors (Lipinski definition) is 2. The van der Waals surface area contributed by atoms with E-state index in [0.717, 1.165) is 5.56 Å². The smallest absolute Gasteiger partial charge is 0.335 e. The Labute approximate surface area is 143 Å². The Balaban J connectivity index is 1.90. The lowest BCUT2D eigenvalue weighted by atomic mass is 10.1. The highest BCUT2D eigenvalue weighted by Gasteiger charge is 2.35. The van der Waals surface area contributed by atoms with Gasteiger partial charge in [0.1, 0.15) is 5.75 Å². The zero-order valence-corrected chi connectivity index (χ0v) is 13.1. The number of aromatic carboxylic acids is 1. The number of aliphatic carboxylic acids is 1. The van der Waals surface area contributed by atoms with E-state index in [0.29, 0.717) is 11.4 Å². The van der Waals surface area contributed by atoms with Gasteiger partial charge in [0.2, 0.25) is 0 Å². The molecule has 1 aliphatic heterocycles. The number of rotatable bonds is 5. The summed E-state index contributed by atoms with van der Waals surface area (Å²) in [6.45, 7) is 0.190. The molecule has 0 bridgehead atoms. The molecule has 1 heterocycles. The van der Waals surface area contributed by atoms with Crippen molar-refractivity contribution in [2.24, 2.45) is 0 Å². The van der Waals surface area contributed by atoms with Crippen molar-refractivity contribution < 1.29 is 29.3 Å². The Hall–Kier alpha value is -3.35. The van der Waals surface area contributed by atoms with Crippen molar-refractivity contribution in [3.8, 4) is 5.75 Å². The maximum absolute atomic E-state index is 12.6. The number of carbonyl (C=O) groups is 3. The van der Waals surface area contributed by atoms with Gasteiger partial charge >= 0.3 is 11.9 Å². The van der Waals surface area contributed by atoms with E-state index in [1.54, 1.807) is 36.4 Å². The average Bonchev–Trinajstić information content (AvgIpc) is 2.58.